The van der Waals surface area contributed by atoms with E-state index in [9.17, 15) is 48.8 Å². The molecule has 0 spiro atoms. The molecule has 0 saturated carbocycles. The van der Waals surface area contributed by atoms with Crippen molar-refractivity contribution in [1.29, 1.82) is 0 Å². The summed E-state index contributed by atoms with van der Waals surface area (Å²) in [5.74, 6) is -23.6. The van der Waals surface area contributed by atoms with Crippen molar-refractivity contribution in [3.63, 3.8) is 0 Å². The van der Waals surface area contributed by atoms with Gasteiger partial charge in [-0.15, -0.1) is 11.8 Å². The second kappa shape index (κ2) is 48.8. The standard InChI is InChI=1S/C94H120F3N17O20S/c1-7-8-27-72-92(132)114-49-60(117)45-76(114)93(133)113-48-59(116)44-74(113)88(128)108-81(52(2)3)94(134)110(5)73(41-53-20-11-9-12-21-53)87(127)104-66(33-34-79(120)121)90(130)112-36-18-17-28-71(112)86(126)106-68(43-57-46-100-64-25-16-15-24-61(57)64)85(125)105-67(39-55-29-31-58(115)32-30-55)84(124)103-65(26-19-35-98)83(123)107-70(82(122)101-47-77(99)118)50-135-51-78(119)102-69(40-56-37-62(95)80(97)63(96)38-56)89(129)111(6)75(91(131)109(72)4)42-54-22-13-10-14-23-54/h9-16,20-25,29-32,37-38,46,52,59-60,65-76,81,100,115-117H,7-8,17-19,26-28,33-36,39-45,47-51,98H2,1-6H3,(H2,99,118)(H,101,122)(H,102,119)(H,103,124)(H,104,127)(H,105,125)(H,106,126)(H,107,123)(H,108,128)(H,120,121)/t59-,60-,65+,66+,67+,68-,69+,70+,71-,72+,73+,74+,75+,76-,81+/m1/s1. The van der Waals surface area contributed by atoms with Crippen LogP contribution in [0.15, 0.2) is 128 Å². The number of benzene rings is 5. The predicted molar refractivity (Wildman–Crippen MR) is 488 cm³/mol. The Morgan fingerprint density at radius 3 is 1.70 bits per heavy atom. The Kier molecular flexibility index (Phi) is 37.6. The van der Waals surface area contributed by atoms with Crippen molar-refractivity contribution in [1.82, 2.24) is 76.9 Å². The van der Waals surface area contributed by atoms with Gasteiger partial charge in [0.2, 0.25) is 88.6 Å². The number of aliphatic hydroxyl groups excluding tert-OH is 2. The van der Waals surface area contributed by atoms with Gasteiger partial charge in [0.05, 0.1) is 24.5 Å². The van der Waals surface area contributed by atoms with Gasteiger partial charge in [0.1, 0.15) is 84.3 Å². The number of hydrogen-bond donors (Lipinski definition) is 15. The first kappa shape index (κ1) is 104. The molecule has 0 radical (unpaired) electrons. The number of H-pyrrole nitrogens is 1. The fourth-order valence-electron chi connectivity index (χ4n) is 17.3. The summed E-state index contributed by atoms with van der Waals surface area (Å²) in [6, 6.07) is 9.07. The minimum atomic E-state index is -1.89. The number of amides is 15. The maximum Gasteiger partial charge on any atom is 0.303 e. The number of aromatic hydroxyl groups is 1. The molecule has 728 valence electrons. The SMILES string of the molecule is CCCC[C@H]1C(=O)N2C[C@H](O)C[C@@H]2C(=O)N2C[C@H](O)C[C@H]2C(=O)N[C@@H](C(C)C)C(=O)N(C)[C@@H](Cc2ccccc2)C(=O)N[C@@H](CCC(=O)O)C(=O)N2CCCC[C@@H]2C(=O)N[C@H](Cc2c[nH]c3ccccc23)C(=O)N[C@@H](Cc2ccc(O)cc2)C(=O)N[C@@H](CCCN)C(=O)N[C@H](C(=O)NCC(N)=O)CSCC(=O)N[C@@H](Cc2cc(F)c(F)c(F)c2)C(=O)N(C)[C@@H](Cc2ccccc2)C(=O)N1C. The summed E-state index contributed by atoms with van der Waals surface area (Å²) >= 11 is 0.653. The number of para-hydroxylation sites is 1. The molecule has 5 aromatic carbocycles. The van der Waals surface area contributed by atoms with Crippen LogP contribution in [0.1, 0.15) is 126 Å². The van der Waals surface area contributed by atoms with Crippen molar-refractivity contribution in [3.8, 4) is 5.75 Å². The molecule has 135 heavy (non-hydrogen) atoms. The second-order valence-corrected chi connectivity index (χ2v) is 36.0. The van der Waals surface area contributed by atoms with Crippen LogP contribution in [0, 0.1) is 23.4 Å². The number of phenols is 1. The lowest BCUT2D eigenvalue weighted by molar-refractivity contribution is -0.154. The molecule has 10 rings (SSSR count). The van der Waals surface area contributed by atoms with Gasteiger partial charge in [-0.25, -0.2) is 13.2 Å². The van der Waals surface area contributed by atoms with Crippen LogP contribution < -0.4 is 54.0 Å². The van der Waals surface area contributed by atoms with Crippen LogP contribution >= 0.6 is 11.8 Å². The van der Waals surface area contributed by atoms with Crippen molar-refractivity contribution in [2.75, 3.05) is 65.4 Å². The molecule has 1 aromatic heterocycles. The van der Waals surface area contributed by atoms with Gasteiger partial charge < -0.3 is 109 Å². The van der Waals surface area contributed by atoms with E-state index in [-0.39, 0.29) is 88.6 Å². The number of fused-ring (bicyclic) bond motifs is 4. The lowest BCUT2D eigenvalue weighted by Gasteiger charge is -2.38. The summed E-state index contributed by atoms with van der Waals surface area (Å²) in [5, 5.41) is 65.3. The number of aromatic nitrogens is 1. The number of rotatable bonds is 23. The Labute approximate surface area is 782 Å². The monoisotopic (exact) mass is 1900 g/mol. The number of halogens is 3. The molecule has 4 saturated heterocycles. The highest BCUT2D eigenvalue weighted by Crippen LogP contribution is 2.31. The van der Waals surface area contributed by atoms with Crippen molar-refractivity contribution in [2.45, 2.75) is 221 Å². The van der Waals surface area contributed by atoms with E-state index in [1.807, 2.05) is 0 Å². The zero-order valence-electron chi connectivity index (χ0n) is 76.0. The third kappa shape index (κ3) is 27.9. The Balaban J connectivity index is 1.06. The van der Waals surface area contributed by atoms with Gasteiger partial charge in [-0.2, -0.15) is 0 Å². The molecular formula is C94H120F3N17O20S. The largest absolute Gasteiger partial charge is 0.508 e. The number of carbonyl (C=O) groups excluding carboxylic acids is 15. The maximum absolute atomic E-state index is 15.8. The summed E-state index contributed by atoms with van der Waals surface area (Å²) in [7, 11) is 3.73. The van der Waals surface area contributed by atoms with E-state index in [0.717, 1.165) is 29.4 Å². The minimum absolute atomic E-state index is 0.0189. The third-order valence-electron chi connectivity index (χ3n) is 24.8. The van der Waals surface area contributed by atoms with Gasteiger partial charge in [0.15, 0.2) is 17.5 Å². The molecule has 15 atom stereocenters. The number of aliphatic carboxylic acids is 1. The Bertz CT molecular complexity index is 5240. The summed E-state index contributed by atoms with van der Waals surface area (Å²) in [6.07, 6.45) is -4.37. The molecular weight excluding hydrogens is 1780 g/mol. The second-order valence-electron chi connectivity index (χ2n) is 35.0. The van der Waals surface area contributed by atoms with E-state index in [1.54, 1.807) is 112 Å². The van der Waals surface area contributed by atoms with Gasteiger partial charge >= 0.3 is 5.97 Å². The fourth-order valence-corrected chi connectivity index (χ4v) is 18.2. The Morgan fingerprint density at radius 1 is 0.526 bits per heavy atom. The number of carbonyl (C=O) groups is 16. The zero-order chi connectivity index (χ0) is 98.2. The highest BCUT2D eigenvalue weighted by molar-refractivity contribution is 8.00. The lowest BCUT2D eigenvalue weighted by Crippen LogP contribution is -2.62. The van der Waals surface area contributed by atoms with E-state index in [2.05, 4.69) is 47.5 Å². The number of hydrogen-bond acceptors (Lipinski definition) is 21. The van der Waals surface area contributed by atoms with Crippen molar-refractivity contribution in [2.24, 2.45) is 17.4 Å². The first-order valence-corrected chi connectivity index (χ1v) is 46.3. The van der Waals surface area contributed by atoms with Crippen LogP contribution in [0.4, 0.5) is 13.2 Å². The Morgan fingerprint density at radius 2 is 1.07 bits per heavy atom. The summed E-state index contributed by atoms with van der Waals surface area (Å²) in [4.78, 5) is 248. The number of likely N-dealkylation sites (N-methyl/N-ethyl adjacent to an activating group) is 3. The minimum Gasteiger partial charge on any atom is -0.508 e. The van der Waals surface area contributed by atoms with Gasteiger partial charge in [-0.3, -0.25) is 76.7 Å². The molecule has 4 fully saturated rings. The predicted octanol–water partition coefficient (Wildman–Crippen LogP) is 0.782. The summed E-state index contributed by atoms with van der Waals surface area (Å²) in [6.45, 7) is 2.96. The van der Waals surface area contributed by atoms with Crippen molar-refractivity contribution < 1.29 is 110 Å². The van der Waals surface area contributed by atoms with Crippen LogP contribution in [0.25, 0.3) is 10.9 Å². The highest BCUT2D eigenvalue weighted by Gasteiger charge is 2.51. The average Bonchev–Trinajstić information content (AvgIpc) is 1.66. The third-order valence-corrected chi connectivity index (χ3v) is 25.8. The van der Waals surface area contributed by atoms with E-state index >= 15 is 61.5 Å². The molecule has 0 aliphatic carbocycles. The molecule has 37 nitrogen and oxygen atoms in total. The number of aliphatic hydroxyl groups is 2. The van der Waals surface area contributed by atoms with Gasteiger partial charge in [-0.1, -0.05) is 125 Å². The molecule has 4 aliphatic heterocycles. The number of aromatic amines is 1. The average molecular weight is 1900 g/mol. The fraction of sp³-hybridized carbons (Fsp3) is 0.489. The molecule has 0 bridgehead atoms. The van der Waals surface area contributed by atoms with Crippen molar-refractivity contribution >= 4 is 117 Å². The number of piperidine rings is 1. The molecule has 15 amide bonds. The van der Waals surface area contributed by atoms with E-state index < -0.39 is 272 Å². The molecule has 6 aromatic rings. The van der Waals surface area contributed by atoms with E-state index in [0.29, 0.717) is 69.9 Å². The van der Waals surface area contributed by atoms with Crippen LogP contribution in [0.3, 0.4) is 0 Å². The normalized spacial score (nSPS) is 25.1. The molecule has 4 aliphatic rings. The maximum atomic E-state index is 15.8. The number of nitrogens with one attached hydrogen (secondary N) is 9. The number of carboxylic acid groups (broad SMARTS) is 1. The number of thioether (sulfide) groups is 1. The highest BCUT2D eigenvalue weighted by atomic mass is 32.2. The Hall–Kier alpha value is -13.0. The quantitative estimate of drug-likeness (QED) is 0.0394. The zero-order valence-corrected chi connectivity index (χ0v) is 76.8. The lowest BCUT2D eigenvalue weighted by atomic mass is 9.97. The van der Waals surface area contributed by atoms with Crippen LogP contribution in [-0.4, -0.2) is 306 Å². The number of nitrogens with two attached hydrogens (primary N) is 2. The van der Waals surface area contributed by atoms with Gasteiger partial charge in [0.25, 0.3) is 0 Å². The van der Waals surface area contributed by atoms with Crippen LogP contribution in [0.5, 0.6) is 5.75 Å². The van der Waals surface area contributed by atoms with Gasteiger partial charge in [0, 0.05) is 115 Å². The number of carboxylic acids is 1. The number of nitrogens with zero attached hydrogens (tertiary/aromatic N) is 6. The van der Waals surface area contributed by atoms with E-state index in [4.69, 9.17) is 11.5 Å². The van der Waals surface area contributed by atoms with Crippen LogP contribution in [-0.2, 0) is 109 Å². The smallest absolute Gasteiger partial charge is 0.303 e. The van der Waals surface area contributed by atoms with E-state index in [1.165, 1.54) is 45.4 Å². The van der Waals surface area contributed by atoms with Crippen molar-refractivity contribution in [3.05, 3.63) is 173 Å². The van der Waals surface area contributed by atoms with Gasteiger partial charge in [-0.05, 0) is 116 Å². The molecule has 41 heteroatoms. The molecule has 5 heterocycles. The summed E-state index contributed by atoms with van der Waals surface area (Å²) in [5.41, 5.74) is 13.4. The molecule has 0 unspecified atom stereocenters. The number of phenolic OH excluding ortho intramolecular Hbond substituents is 1. The topological polar surface area (TPSA) is 538 Å². The first-order chi connectivity index (χ1) is 64.3. The first-order valence-electron chi connectivity index (χ1n) is 45.1. The number of unbranched alkanes of at least 4 members (excludes halogenated alkanes) is 1. The summed E-state index contributed by atoms with van der Waals surface area (Å²) < 4.78 is 45.2. The molecule has 17 N–H and O–H groups in total. The van der Waals surface area contributed by atoms with Crippen LogP contribution in [0.2, 0.25) is 0 Å². The number of primary amides is 1.